The predicted octanol–water partition coefficient (Wildman–Crippen LogP) is 3.85. The molecule has 4 rings (SSSR count). The molecule has 0 saturated carbocycles. The molecule has 0 radical (unpaired) electrons. The summed E-state index contributed by atoms with van der Waals surface area (Å²) in [5, 5.41) is 3.53. The normalized spacial score (nSPS) is 10.7. The fraction of sp³-hybridized carbons (Fsp3) is 0. The van der Waals surface area contributed by atoms with Gasteiger partial charge in [0.2, 0.25) is 5.91 Å². The van der Waals surface area contributed by atoms with Gasteiger partial charge in [-0.1, -0.05) is 24.3 Å². The predicted molar refractivity (Wildman–Crippen MR) is 102 cm³/mol. The Kier molecular flexibility index (Phi) is 4.14. The number of anilines is 1. The van der Waals surface area contributed by atoms with Crippen LogP contribution in [0.5, 0.6) is 0 Å². The van der Waals surface area contributed by atoms with Gasteiger partial charge in [-0.25, -0.2) is 4.98 Å². The molecular weight excluding hydrogens is 342 g/mol. The number of rotatable bonds is 4. The lowest BCUT2D eigenvalue weighted by Gasteiger charge is -2.10. The zero-order valence-electron chi connectivity index (χ0n) is 14.2. The van der Waals surface area contributed by atoms with E-state index in [4.69, 9.17) is 10.2 Å². The van der Waals surface area contributed by atoms with Crippen LogP contribution in [-0.2, 0) is 0 Å². The number of aromatic nitrogens is 1. The number of nitrogens with two attached hydrogens (primary N) is 1. The number of nitrogens with zero attached hydrogens (tertiary/aromatic N) is 1. The average Bonchev–Trinajstić information content (AvgIpc) is 3.22. The Morgan fingerprint density at radius 1 is 0.963 bits per heavy atom. The number of pyridine rings is 1. The van der Waals surface area contributed by atoms with Gasteiger partial charge in [0.25, 0.3) is 5.91 Å². The van der Waals surface area contributed by atoms with Crippen LogP contribution in [-0.4, -0.2) is 16.8 Å². The molecule has 0 fully saturated rings. The first-order valence-corrected chi connectivity index (χ1v) is 8.27. The summed E-state index contributed by atoms with van der Waals surface area (Å²) in [6.07, 6.45) is 1.56. The maximum Gasteiger partial charge on any atom is 0.256 e. The maximum absolute atomic E-state index is 12.9. The second-order valence-electron chi connectivity index (χ2n) is 5.95. The first-order chi connectivity index (χ1) is 13.1. The number of carbonyl (C=O) groups excluding carboxylic acids is 2. The molecule has 6 nitrogen and oxygen atoms in total. The highest BCUT2D eigenvalue weighted by atomic mass is 16.3. The van der Waals surface area contributed by atoms with Gasteiger partial charge >= 0.3 is 0 Å². The van der Waals surface area contributed by atoms with E-state index < -0.39 is 5.91 Å². The van der Waals surface area contributed by atoms with Crippen molar-refractivity contribution in [1.29, 1.82) is 0 Å². The monoisotopic (exact) mass is 357 g/mol. The van der Waals surface area contributed by atoms with E-state index in [0.717, 1.165) is 5.39 Å². The summed E-state index contributed by atoms with van der Waals surface area (Å²) in [4.78, 5) is 28.9. The molecule has 0 aliphatic rings. The number of hydrogen-bond acceptors (Lipinski definition) is 4. The first kappa shape index (κ1) is 16.5. The third-order valence-electron chi connectivity index (χ3n) is 4.14. The van der Waals surface area contributed by atoms with Gasteiger partial charge in [0.1, 0.15) is 5.69 Å². The zero-order valence-corrected chi connectivity index (χ0v) is 14.2. The largest absolute Gasteiger partial charge is 0.463 e. The van der Waals surface area contributed by atoms with E-state index in [1.165, 1.54) is 6.07 Å². The molecule has 0 atom stereocenters. The SMILES string of the molecule is NC(=O)c1cccc(NC(=O)c2cc(-c3ccco3)nc3ccccc23)c1. The number of fused-ring (bicyclic) bond motifs is 1. The number of nitrogens with one attached hydrogen (secondary N) is 1. The minimum absolute atomic E-state index is 0.317. The fourth-order valence-corrected chi connectivity index (χ4v) is 2.86. The summed E-state index contributed by atoms with van der Waals surface area (Å²) in [6, 6.07) is 19.1. The number of hydrogen-bond donors (Lipinski definition) is 2. The third kappa shape index (κ3) is 3.28. The number of carbonyl (C=O) groups is 2. The van der Waals surface area contributed by atoms with Gasteiger partial charge in [0.15, 0.2) is 5.76 Å². The van der Waals surface area contributed by atoms with Crippen molar-refractivity contribution >= 4 is 28.4 Å². The molecule has 2 amide bonds. The number of furan rings is 1. The summed E-state index contributed by atoms with van der Waals surface area (Å²) in [5.41, 5.74) is 7.81. The van der Waals surface area contributed by atoms with Crippen molar-refractivity contribution in [2.24, 2.45) is 5.73 Å². The van der Waals surface area contributed by atoms with E-state index in [1.807, 2.05) is 24.3 Å². The Hall–Kier alpha value is -3.93. The van der Waals surface area contributed by atoms with Gasteiger partial charge in [-0.3, -0.25) is 9.59 Å². The Labute approximate surface area is 154 Å². The quantitative estimate of drug-likeness (QED) is 0.579. The first-order valence-electron chi connectivity index (χ1n) is 8.27. The number of benzene rings is 2. The second-order valence-corrected chi connectivity index (χ2v) is 5.95. The highest BCUT2D eigenvalue weighted by molar-refractivity contribution is 6.13. The van der Waals surface area contributed by atoms with Crippen LogP contribution in [0, 0.1) is 0 Å². The summed E-state index contributed by atoms with van der Waals surface area (Å²) in [6.45, 7) is 0. The van der Waals surface area contributed by atoms with Crippen LogP contribution in [0.1, 0.15) is 20.7 Å². The lowest BCUT2D eigenvalue weighted by Crippen LogP contribution is -2.15. The summed E-state index contributed by atoms with van der Waals surface area (Å²) < 4.78 is 5.42. The van der Waals surface area contributed by atoms with Gasteiger partial charge in [0.05, 0.1) is 17.3 Å². The van der Waals surface area contributed by atoms with Crippen molar-refractivity contribution in [3.63, 3.8) is 0 Å². The number of amides is 2. The molecule has 0 saturated heterocycles. The minimum atomic E-state index is -0.555. The third-order valence-corrected chi connectivity index (χ3v) is 4.14. The molecule has 4 aromatic rings. The molecule has 6 heteroatoms. The Morgan fingerprint density at radius 3 is 2.59 bits per heavy atom. The molecule has 3 N–H and O–H groups in total. The van der Waals surface area contributed by atoms with Gasteiger partial charge in [-0.2, -0.15) is 0 Å². The lowest BCUT2D eigenvalue weighted by molar-refractivity contribution is 0.0996. The van der Waals surface area contributed by atoms with Gasteiger partial charge in [-0.05, 0) is 42.5 Å². The van der Waals surface area contributed by atoms with E-state index in [1.54, 1.807) is 42.7 Å². The van der Waals surface area contributed by atoms with E-state index >= 15 is 0 Å². The van der Waals surface area contributed by atoms with Crippen LogP contribution in [0.25, 0.3) is 22.4 Å². The van der Waals surface area contributed by atoms with E-state index in [-0.39, 0.29) is 5.91 Å². The molecule has 2 aromatic heterocycles. The van der Waals surface area contributed by atoms with Crippen LogP contribution in [0.2, 0.25) is 0 Å². The molecule has 0 spiro atoms. The van der Waals surface area contributed by atoms with Crippen LogP contribution < -0.4 is 11.1 Å². The van der Waals surface area contributed by atoms with Gasteiger partial charge < -0.3 is 15.5 Å². The van der Waals surface area contributed by atoms with Crippen molar-refractivity contribution in [2.75, 3.05) is 5.32 Å². The number of primary amides is 1. The molecule has 2 aromatic carbocycles. The van der Waals surface area contributed by atoms with Crippen LogP contribution in [0.4, 0.5) is 5.69 Å². The molecule has 132 valence electrons. The fourth-order valence-electron chi connectivity index (χ4n) is 2.86. The zero-order chi connectivity index (χ0) is 18.8. The molecule has 2 heterocycles. The highest BCUT2D eigenvalue weighted by Gasteiger charge is 2.15. The standard InChI is InChI=1S/C21H15N3O3/c22-20(25)13-5-3-6-14(11-13)23-21(26)16-12-18(19-9-4-10-27-19)24-17-8-2-1-7-15(16)17/h1-12H,(H2,22,25)(H,23,26). The Morgan fingerprint density at radius 2 is 1.81 bits per heavy atom. The summed E-state index contributed by atoms with van der Waals surface area (Å²) in [7, 11) is 0. The van der Waals surface area contributed by atoms with Gasteiger partial charge in [0, 0.05) is 16.6 Å². The maximum atomic E-state index is 12.9. The van der Waals surface area contributed by atoms with Crippen molar-refractivity contribution in [3.8, 4) is 11.5 Å². The molecule has 0 aliphatic carbocycles. The van der Waals surface area contributed by atoms with Crippen molar-refractivity contribution in [2.45, 2.75) is 0 Å². The molecule has 0 bridgehead atoms. The van der Waals surface area contributed by atoms with Crippen molar-refractivity contribution in [3.05, 3.63) is 84.1 Å². The topological polar surface area (TPSA) is 98.2 Å². The molecular formula is C21H15N3O3. The second kappa shape index (κ2) is 6.76. The molecule has 0 aliphatic heterocycles. The minimum Gasteiger partial charge on any atom is -0.463 e. The highest BCUT2D eigenvalue weighted by Crippen LogP contribution is 2.26. The average molecular weight is 357 g/mol. The molecule has 27 heavy (non-hydrogen) atoms. The van der Waals surface area contributed by atoms with Gasteiger partial charge in [-0.15, -0.1) is 0 Å². The van der Waals surface area contributed by atoms with E-state index in [2.05, 4.69) is 10.3 Å². The summed E-state index contributed by atoms with van der Waals surface area (Å²) >= 11 is 0. The van der Waals surface area contributed by atoms with Crippen molar-refractivity contribution in [1.82, 2.24) is 4.98 Å². The number of para-hydroxylation sites is 1. The Balaban J connectivity index is 1.77. The Bertz CT molecular complexity index is 1150. The summed E-state index contributed by atoms with van der Waals surface area (Å²) in [5.74, 6) is -0.297. The van der Waals surface area contributed by atoms with Crippen LogP contribution >= 0.6 is 0 Å². The van der Waals surface area contributed by atoms with Crippen LogP contribution in [0.3, 0.4) is 0 Å². The van der Waals surface area contributed by atoms with E-state index in [0.29, 0.717) is 33.8 Å². The lowest BCUT2D eigenvalue weighted by atomic mass is 10.1. The molecule has 0 unspecified atom stereocenters. The van der Waals surface area contributed by atoms with E-state index in [9.17, 15) is 9.59 Å². The smallest absolute Gasteiger partial charge is 0.256 e. The van der Waals surface area contributed by atoms with Crippen molar-refractivity contribution < 1.29 is 14.0 Å². The van der Waals surface area contributed by atoms with Crippen LogP contribution in [0.15, 0.2) is 77.4 Å².